The summed E-state index contributed by atoms with van der Waals surface area (Å²) in [6.07, 6.45) is 3.53. The van der Waals surface area contributed by atoms with Gasteiger partial charge in [-0.1, -0.05) is 48.0 Å². The average molecular weight is 280 g/mol. The summed E-state index contributed by atoms with van der Waals surface area (Å²) in [5.74, 6) is 0. The van der Waals surface area contributed by atoms with Gasteiger partial charge in [0.1, 0.15) is 5.54 Å². The van der Waals surface area contributed by atoms with E-state index in [0.717, 1.165) is 22.9 Å². The maximum Gasteiger partial charge on any atom is 0.235 e. The topological polar surface area (TPSA) is 29.4 Å². The number of hydrogen-bond donors (Lipinski definition) is 0. The molecule has 0 unspecified atom stereocenters. The molecule has 0 heterocycles. The largest absolute Gasteiger partial charge is 0.235 e. The molecular weight excluding hydrogens is 266 g/mol. The molecule has 1 aromatic carbocycles. The second-order valence-corrected chi connectivity index (χ2v) is 6.09. The lowest BCUT2D eigenvalue weighted by Crippen LogP contribution is -2.45. The molecule has 0 amide bonds. The fourth-order valence-electron chi connectivity index (χ4n) is 2.79. The maximum atomic E-state index is 10.6. The van der Waals surface area contributed by atoms with Crippen molar-refractivity contribution in [2.45, 2.75) is 32.2 Å². The standard InChI is InChI=1S/C13H14BrNO/c1-12(2)7-13(8-12,15-9-16)10-5-3-4-6-11(10)14/h3-6H,7-8H2,1-2H3. The van der Waals surface area contributed by atoms with Crippen LogP contribution in [0.1, 0.15) is 32.3 Å². The minimum absolute atomic E-state index is 0.260. The Hall–Kier alpha value is -0.920. The molecule has 0 bridgehead atoms. The van der Waals surface area contributed by atoms with E-state index in [1.165, 1.54) is 0 Å². The van der Waals surface area contributed by atoms with Crippen LogP contribution in [0.4, 0.5) is 0 Å². The Bertz CT molecular complexity index is 453. The van der Waals surface area contributed by atoms with Crippen LogP contribution in [0.5, 0.6) is 0 Å². The van der Waals surface area contributed by atoms with Gasteiger partial charge in [-0.3, -0.25) is 0 Å². The van der Waals surface area contributed by atoms with Crippen LogP contribution >= 0.6 is 15.9 Å². The molecule has 0 spiro atoms. The van der Waals surface area contributed by atoms with E-state index >= 15 is 0 Å². The molecule has 84 valence electrons. The Balaban J connectivity index is 2.44. The first kappa shape index (κ1) is 11.6. The number of rotatable bonds is 2. The number of aliphatic imine (C=N–C) groups is 1. The van der Waals surface area contributed by atoms with E-state index in [2.05, 4.69) is 34.8 Å². The zero-order valence-corrected chi connectivity index (χ0v) is 11.0. The lowest BCUT2D eigenvalue weighted by atomic mass is 9.57. The third-order valence-corrected chi connectivity index (χ3v) is 3.87. The lowest BCUT2D eigenvalue weighted by molar-refractivity contribution is 0.0633. The molecule has 0 aromatic heterocycles. The van der Waals surface area contributed by atoms with Crippen LogP contribution in [0.3, 0.4) is 0 Å². The van der Waals surface area contributed by atoms with E-state index in [1.54, 1.807) is 6.08 Å². The quantitative estimate of drug-likeness (QED) is 0.598. The van der Waals surface area contributed by atoms with Crippen molar-refractivity contribution in [1.29, 1.82) is 0 Å². The van der Waals surface area contributed by atoms with Gasteiger partial charge in [-0.05, 0) is 29.9 Å². The number of halogens is 1. The van der Waals surface area contributed by atoms with E-state index in [-0.39, 0.29) is 11.0 Å². The predicted molar refractivity (Wildman–Crippen MR) is 67.0 cm³/mol. The third-order valence-electron chi connectivity index (χ3n) is 3.18. The van der Waals surface area contributed by atoms with Gasteiger partial charge in [0.2, 0.25) is 6.08 Å². The molecule has 1 aromatic rings. The van der Waals surface area contributed by atoms with Crippen molar-refractivity contribution in [3.05, 3.63) is 34.3 Å². The van der Waals surface area contributed by atoms with Gasteiger partial charge in [0.15, 0.2) is 0 Å². The van der Waals surface area contributed by atoms with Gasteiger partial charge < -0.3 is 0 Å². The van der Waals surface area contributed by atoms with Crippen LogP contribution in [0, 0.1) is 5.41 Å². The minimum atomic E-state index is -0.356. The summed E-state index contributed by atoms with van der Waals surface area (Å²) in [7, 11) is 0. The maximum absolute atomic E-state index is 10.6. The van der Waals surface area contributed by atoms with Gasteiger partial charge in [0, 0.05) is 4.47 Å². The molecular formula is C13H14BrNO. The summed E-state index contributed by atoms with van der Waals surface area (Å²) < 4.78 is 1.02. The van der Waals surface area contributed by atoms with E-state index < -0.39 is 0 Å². The third kappa shape index (κ3) is 1.85. The van der Waals surface area contributed by atoms with E-state index in [0.29, 0.717) is 0 Å². The lowest BCUT2D eigenvalue weighted by Gasteiger charge is -2.50. The van der Waals surface area contributed by atoms with Crippen molar-refractivity contribution < 1.29 is 4.79 Å². The first-order chi connectivity index (χ1) is 7.49. The summed E-state index contributed by atoms with van der Waals surface area (Å²) in [5, 5.41) is 0. The van der Waals surface area contributed by atoms with Crippen LogP contribution in [0.2, 0.25) is 0 Å². The van der Waals surface area contributed by atoms with Crippen LogP contribution < -0.4 is 0 Å². The van der Waals surface area contributed by atoms with Crippen LogP contribution in [0.25, 0.3) is 0 Å². The second kappa shape index (κ2) is 3.83. The SMILES string of the molecule is CC1(C)CC(N=C=O)(c2ccccc2Br)C1. The fraction of sp³-hybridized carbons (Fsp3) is 0.462. The molecule has 3 heteroatoms. The Morgan fingerprint density at radius 2 is 1.94 bits per heavy atom. The van der Waals surface area contributed by atoms with Crippen molar-refractivity contribution in [1.82, 2.24) is 0 Å². The first-order valence-electron chi connectivity index (χ1n) is 5.33. The number of benzene rings is 1. The zero-order valence-electron chi connectivity index (χ0n) is 9.46. The fourth-order valence-corrected chi connectivity index (χ4v) is 3.44. The molecule has 0 N–H and O–H groups in total. The monoisotopic (exact) mass is 279 g/mol. The molecule has 1 saturated carbocycles. The number of isocyanates is 1. The van der Waals surface area contributed by atoms with E-state index in [9.17, 15) is 4.79 Å². The molecule has 0 aliphatic heterocycles. The Morgan fingerprint density at radius 3 is 2.44 bits per heavy atom. The molecule has 0 saturated heterocycles. The molecule has 16 heavy (non-hydrogen) atoms. The van der Waals surface area contributed by atoms with Crippen molar-refractivity contribution in [3.8, 4) is 0 Å². The zero-order chi connectivity index (χ0) is 11.8. The molecule has 0 radical (unpaired) electrons. The van der Waals surface area contributed by atoms with E-state index in [1.807, 2.05) is 24.3 Å². The normalized spacial score (nSPS) is 20.7. The smallest absolute Gasteiger partial charge is 0.211 e. The molecule has 0 atom stereocenters. The highest BCUT2D eigenvalue weighted by atomic mass is 79.9. The van der Waals surface area contributed by atoms with Crippen molar-refractivity contribution in [2.24, 2.45) is 10.4 Å². The van der Waals surface area contributed by atoms with Crippen LogP contribution in [-0.4, -0.2) is 6.08 Å². The van der Waals surface area contributed by atoms with Gasteiger partial charge in [-0.25, -0.2) is 4.79 Å². The molecule has 2 rings (SSSR count). The molecule has 2 nitrogen and oxygen atoms in total. The summed E-state index contributed by atoms with van der Waals surface area (Å²) in [6, 6.07) is 7.96. The Labute approximate surface area is 104 Å². The highest BCUT2D eigenvalue weighted by Gasteiger charge is 2.51. The van der Waals surface area contributed by atoms with Crippen LogP contribution in [0.15, 0.2) is 33.7 Å². The number of nitrogens with zero attached hydrogens (tertiary/aromatic N) is 1. The summed E-state index contributed by atoms with van der Waals surface area (Å²) >= 11 is 3.52. The molecule has 1 fully saturated rings. The average Bonchev–Trinajstić information content (AvgIpc) is 2.15. The van der Waals surface area contributed by atoms with Gasteiger partial charge in [0.25, 0.3) is 0 Å². The number of hydrogen-bond acceptors (Lipinski definition) is 2. The minimum Gasteiger partial charge on any atom is -0.211 e. The molecule has 1 aliphatic carbocycles. The van der Waals surface area contributed by atoms with Crippen molar-refractivity contribution in [2.75, 3.05) is 0 Å². The summed E-state index contributed by atoms with van der Waals surface area (Å²) in [5.41, 5.74) is 0.999. The van der Waals surface area contributed by atoms with Gasteiger partial charge in [-0.2, -0.15) is 4.99 Å². The number of carbonyl (C=O) groups excluding carboxylic acids is 1. The Kier molecular flexibility index (Phi) is 2.77. The first-order valence-corrected chi connectivity index (χ1v) is 6.12. The van der Waals surface area contributed by atoms with Gasteiger partial charge in [-0.15, -0.1) is 0 Å². The van der Waals surface area contributed by atoms with Crippen molar-refractivity contribution in [3.63, 3.8) is 0 Å². The summed E-state index contributed by atoms with van der Waals surface area (Å²) in [4.78, 5) is 14.7. The predicted octanol–water partition coefficient (Wildman–Crippen LogP) is 3.80. The van der Waals surface area contributed by atoms with E-state index in [4.69, 9.17) is 0 Å². The van der Waals surface area contributed by atoms with Crippen LogP contribution in [-0.2, 0) is 10.3 Å². The Morgan fingerprint density at radius 1 is 1.31 bits per heavy atom. The summed E-state index contributed by atoms with van der Waals surface area (Å²) in [6.45, 7) is 4.39. The van der Waals surface area contributed by atoms with Gasteiger partial charge in [0.05, 0.1) is 0 Å². The molecule has 1 aliphatic rings. The van der Waals surface area contributed by atoms with Gasteiger partial charge >= 0.3 is 0 Å². The highest BCUT2D eigenvalue weighted by Crippen LogP contribution is 2.57. The van der Waals surface area contributed by atoms with Crippen molar-refractivity contribution >= 4 is 22.0 Å². The highest BCUT2D eigenvalue weighted by molar-refractivity contribution is 9.10. The second-order valence-electron chi connectivity index (χ2n) is 5.23.